The number of aliphatic hydroxyl groups excluding tert-OH is 1. The summed E-state index contributed by atoms with van der Waals surface area (Å²) in [7, 11) is 0. The first-order chi connectivity index (χ1) is 11.0. The number of rotatable bonds is 7. The van der Waals surface area contributed by atoms with Crippen LogP contribution >= 0.6 is 11.3 Å². The molecule has 1 heterocycles. The van der Waals surface area contributed by atoms with E-state index in [9.17, 15) is 4.79 Å². The van der Waals surface area contributed by atoms with Crippen molar-refractivity contribution in [1.29, 1.82) is 0 Å². The lowest BCUT2D eigenvalue weighted by Crippen LogP contribution is -2.28. The van der Waals surface area contributed by atoms with Gasteiger partial charge in [0.2, 0.25) is 0 Å². The number of nitrogens with zero attached hydrogens (tertiary/aromatic N) is 1. The Kier molecular flexibility index (Phi) is 6.30. The third-order valence-corrected chi connectivity index (χ3v) is 5.05. The van der Waals surface area contributed by atoms with Crippen LogP contribution < -0.4 is 5.32 Å². The fourth-order valence-corrected chi connectivity index (χ4v) is 3.27. The van der Waals surface area contributed by atoms with Crippen LogP contribution in [-0.4, -0.2) is 29.1 Å². The van der Waals surface area contributed by atoms with Gasteiger partial charge in [-0.25, -0.2) is 4.98 Å². The Labute approximate surface area is 141 Å². The number of carbonyl (C=O) groups excluding carboxylic acids is 1. The van der Waals surface area contributed by atoms with E-state index in [1.165, 1.54) is 16.9 Å². The Hall–Kier alpha value is -1.72. The van der Waals surface area contributed by atoms with Crippen molar-refractivity contribution in [3.63, 3.8) is 0 Å². The van der Waals surface area contributed by atoms with Gasteiger partial charge in [-0.05, 0) is 31.2 Å². The maximum Gasteiger partial charge on any atom is 0.263 e. The Morgan fingerprint density at radius 3 is 2.65 bits per heavy atom. The molecule has 0 bridgehead atoms. The second-order valence-corrected chi connectivity index (χ2v) is 6.81. The lowest BCUT2D eigenvalue weighted by Gasteiger charge is -2.10. The number of aliphatic hydroxyl groups is 1. The van der Waals surface area contributed by atoms with Crippen molar-refractivity contribution < 1.29 is 9.90 Å². The minimum absolute atomic E-state index is 0.0822. The van der Waals surface area contributed by atoms with Crippen LogP contribution in [0.1, 0.15) is 41.2 Å². The number of thiazole rings is 1. The molecular weight excluding hydrogens is 308 g/mol. The van der Waals surface area contributed by atoms with E-state index in [4.69, 9.17) is 5.11 Å². The summed E-state index contributed by atoms with van der Waals surface area (Å²) in [4.78, 5) is 17.5. The van der Waals surface area contributed by atoms with Gasteiger partial charge in [-0.2, -0.15) is 0 Å². The maximum atomic E-state index is 12.3. The minimum atomic E-state index is -0.0822. The summed E-state index contributed by atoms with van der Waals surface area (Å²) in [6.45, 7) is 6.72. The topological polar surface area (TPSA) is 62.2 Å². The molecule has 5 heteroatoms. The third-order valence-electron chi connectivity index (χ3n) is 3.84. The van der Waals surface area contributed by atoms with Gasteiger partial charge in [0.1, 0.15) is 9.88 Å². The molecule has 124 valence electrons. The molecule has 2 aromatic rings. The van der Waals surface area contributed by atoms with Gasteiger partial charge in [0.15, 0.2) is 0 Å². The molecule has 0 saturated carbocycles. The van der Waals surface area contributed by atoms with Crippen molar-refractivity contribution in [3.05, 3.63) is 40.4 Å². The number of nitrogens with one attached hydrogen (secondary N) is 1. The molecule has 1 amide bonds. The van der Waals surface area contributed by atoms with E-state index < -0.39 is 0 Å². The van der Waals surface area contributed by atoms with Gasteiger partial charge in [0.05, 0.1) is 5.69 Å². The van der Waals surface area contributed by atoms with Gasteiger partial charge in [0.25, 0.3) is 5.91 Å². The molecule has 2 N–H and O–H groups in total. The van der Waals surface area contributed by atoms with Crippen molar-refractivity contribution in [1.82, 2.24) is 10.3 Å². The summed E-state index contributed by atoms with van der Waals surface area (Å²) >= 11 is 1.43. The Balaban J connectivity index is 2.09. The monoisotopic (exact) mass is 332 g/mol. The first kappa shape index (κ1) is 17.6. The normalized spacial score (nSPS) is 12.2. The number of hydrogen-bond acceptors (Lipinski definition) is 4. The van der Waals surface area contributed by atoms with Crippen LogP contribution in [0, 0.1) is 12.8 Å². The van der Waals surface area contributed by atoms with Gasteiger partial charge < -0.3 is 10.4 Å². The number of aromatic nitrogens is 1. The quantitative estimate of drug-likeness (QED) is 0.816. The predicted octanol–water partition coefficient (Wildman–Crippen LogP) is 3.43. The van der Waals surface area contributed by atoms with E-state index >= 15 is 0 Å². The van der Waals surface area contributed by atoms with E-state index in [1.807, 2.05) is 13.8 Å². The standard InChI is InChI=1S/C18H24N2O2S/c1-4-14-5-7-15(8-6-14)18-20-13(3)16(23-18)17(22)19-11-12(2)9-10-21/h5-8,12,21H,4,9-11H2,1-3H3,(H,19,22). The highest BCUT2D eigenvalue weighted by molar-refractivity contribution is 7.17. The molecule has 1 unspecified atom stereocenters. The summed E-state index contributed by atoms with van der Waals surface area (Å²) in [5, 5.41) is 12.7. The molecule has 0 aliphatic rings. The lowest BCUT2D eigenvalue weighted by atomic mass is 10.1. The van der Waals surface area contributed by atoms with Gasteiger partial charge in [-0.1, -0.05) is 38.1 Å². The summed E-state index contributed by atoms with van der Waals surface area (Å²) in [5.41, 5.74) is 3.10. The molecule has 4 nitrogen and oxygen atoms in total. The minimum Gasteiger partial charge on any atom is -0.396 e. The first-order valence-corrected chi connectivity index (χ1v) is 8.82. The zero-order valence-electron chi connectivity index (χ0n) is 13.9. The van der Waals surface area contributed by atoms with Gasteiger partial charge in [0, 0.05) is 18.7 Å². The first-order valence-electron chi connectivity index (χ1n) is 8.01. The summed E-state index contributed by atoms with van der Waals surface area (Å²) in [6, 6.07) is 8.31. The average molecular weight is 332 g/mol. The molecule has 0 aliphatic carbocycles. The van der Waals surface area contributed by atoms with E-state index in [0.717, 1.165) is 22.7 Å². The van der Waals surface area contributed by atoms with Crippen LogP contribution in [0.2, 0.25) is 0 Å². The summed E-state index contributed by atoms with van der Waals surface area (Å²) in [6.07, 6.45) is 1.70. The van der Waals surface area contributed by atoms with Crippen LogP contribution in [0.25, 0.3) is 10.6 Å². The predicted molar refractivity (Wildman–Crippen MR) is 94.9 cm³/mol. The van der Waals surface area contributed by atoms with E-state index in [1.54, 1.807) is 0 Å². The molecule has 23 heavy (non-hydrogen) atoms. The van der Waals surface area contributed by atoms with E-state index in [2.05, 4.69) is 41.5 Å². The fourth-order valence-electron chi connectivity index (χ4n) is 2.28. The van der Waals surface area contributed by atoms with Gasteiger partial charge in [-0.3, -0.25) is 4.79 Å². The molecule has 0 fully saturated rings. The Morgan fingerprint density at radius 1 is 1.35 bits per heavy atom. The van der Waals surface area contributed by atoms with Crippen molar-refractivity contribution in [3.8, 4) is 10.6 Å². The summed E-state index contributed by atoms with van der Waals surface area (Å²) in [5.74, 6) is 0.180. The molecule has 0 radical (unpaired) electrons. The molecule has 0 saturated heterocycles. The molecule has 1 aromatic heterocycles. The number of benzene rings is 1. The zero-order chi connectivity index (χ0) is 16.8. The molecule has 0 spiro atoms. The summed E-state index contributed by atoms with van der Waals surface area (Å²) < 4.78 is 0. The number of aryl methyl sites for hydroxylation is 2. The second kappa shape index (κ2) is 8.22. The van der Waals surface area contributed by atoms with Crippen LogP contribution in [0.4, 0.5) is 0 Å². The van der Waals surface area contributed by atoms with Crippen LogP contribution in [0.5, 0.6) is 0 Å². The molecule has 0 aliphatic heterocycles. The van der Waals surface area contributed by atoms with E-state index in [-0.39, 0.29) is 18.4 Å². The van der Waals surface area contributed by atoms with Crippen LogP contribution in [-0.2, 0) is 6.42 Å². The number of carbonyl (C=O) groups is 1. The highest BCUT2D eigenvalue weighted by atomic mass is 32.1. The molecular formula is C18H24N2O2S. The van der Waals surface area contributed by atoms with Crippen molar-refractivity contribution in [2.45, 2.75) is 33.6 Å². The SMILES string of the molecule is CCc1ccc(-c2nc(C)c(C(=O)NCC(C)CCO)s2)cc1. The highest BCUT2D eigenvalue weighted by Gasteiger charge is 2.16. The zero-order valence-corrected chi connectivity index (χ0v) is 14.7. The lowest BCUT2D eigenvalue weighted by molar-refractivity contribution is 0.0948. The Bertz CT molecular complexity index is 650. The van der Waals surface area contributed by atoms with Crippen molar-refractivity contribution in [2.75, 3.05) is 13.2 Å². The molecule has 1 atom stereocenters. The number of amides is 1. The maximum absolute atomic E-state index is 12.3. The van der Waals surface area contributed by atoms with Crippen LogP contribution in [0.15, 0.2) is 24.3 Å². The average Bonchev–Trinajstić information content (AvgIpc) is 2.95. The number of hydrogen-bond donors (Lipinski definition) is 2. The second-order valence-electron chi connectivity index (χ2n) is 5.81. The molecule has 1 aromatic carbocycles. The fraction of sp³-hybridized carbons (Fsp3) is 0.444. The van der Waals surface area contributed by atoms with Gasteiger partial charge >= 0.3 is 0 Å². The Morgan fingerprint density at radius 2 is 2.04 bits per heavy atom. The van der Waals surface area contributed by atoms with Gasteiger partial charge in [-0.15, -0.1) is 11.3 Å². The molecule has 2 rings (SSSR count). The highest BCUT2D eigenvalue weighted by Crippen LogP contribution is 2.28. The third kappa shape index (κ3) is 4.62. The largest absolute Gasteiger partial charge is 0.396 e. The van der Waals surface area contributed by atoms with Crippen molar-refractivity contribution in [2.24, 2.45) is 5.92 Å². The van der Waals surface area contributed by atoms with Crippen LogP contribution in [0.3, 0.4) is 0 Å². The smallest absolute Gasteiger partial charge is 0.263 e. The van der Waals surface area contributed by atoms with E-state index in [0.29, 0.717) is 17.8 Å². The van der Waals surface area contributed by atoms with Crippen molar-refractivity contribution >= 4 is 17.2 Å².